The summed E-state index contributed by atoms with van der Waals surface area (Å²) >= 11 is 0. The first-order chi connectivity index (χ1) is 5.76. The molecule has 0 aromatic carbocycles. The van der Waals surface area contributed by atoms with E-state index >= 15 is 0 Å². The zero-order chi connectivity index (χ0) is 8.97. The highest BCUT2D eigenvalue weighted by atomic mass is 16.5. The highest BCUT2D eigenvalue weighted by Gasteiger charge is 2.19. The third kappa shape index (κ3) is 2.61. The Morgan fingerprint density at radius 1 is 1.58 bits per heavy atom. The molecule has 1 N–H and O–H groups in total. The van der Waals surface area contributed by atoms with E-state index < -0.39 is 0 Å². The Morgan fingerprint density at radius 3 is 2.75 bits per heavy atom. The van der Waals surface area contributed by atoms with E-state index in [0.717, 1.165) is 24.8 Å². The first kappa shape index (κ1) is 9.75. The van der Waals surface area contributed by atoms with Gasteiger partial charge in [-0.2, -0.15) is 0 Å². The fourth-order valence-electron chi connectivity index (χ4n) is 1.50. The van der Waals surface area contributed by atoms with Crippen molar-refractivity contribution in [1.82, 2.24) is 0 Å². The average Bonchev–Trinajstić information content (AvgIpc) is 2.47. The number of hydrogen-bond acceptors (Lipinski definition) is 2. The zero-order valence-corrected chi connectivity index (χ0v) is 7.92. The van der Waals surface area contributed by atoms with Crippen LogP contribution in [0, 0.1) is 0 Å². The summed E-state index contributed by atoms with van der Waals surface area (Å²) in [7, 11) is 0. The van der Waals surface area contributed by atoms with Crippen molar-refractivity contribution in [2.24, 2.45) is 0 Å². The summed E-state index contributed by atoms with van der Waals surface area (Å²) < 4.78 is 5.61. The second kappa shape index (κ2) is 4.63. The van der Waals surface area contributed by atoms with Crippen LogP contribution in [-0.4, -0.2) is 23.9 Å². The molecule has 2 nitrogen and oxygen atoms in total. The van der Waals surface area contributed by atoms with Crippen molar-refractivity contribution in [3.8, 4) is 0 Å². The summed E-state index contributed by atoms with van der Waals surface area (Å²) in [5, 5.41) is 8.93. The summed E-state index contributed by atoms with van der Waals surface area (Å²) in [5.74, 6) is 0. The molecule has 0 saturated carbocycles. The van der Waals surface area contributed by atoms with Gasteiger partial charge in [0, 0.05) is 0 Å². The Labute approximate surface area is 74.2 Å². The van der Waals surface area contributed by atoms with Gasteiger partial charge in [-0.3, -0.25) is 0 Å². The van der Waals surface area contributed by atoms with Crippen LogP contribution < -0.4 is 0 Å². The van der Waals surface area contributed by atoms with E-state index in [4.69, 9.17) is 9.84 Å². The van der Waals surface area contributed by atoms with Gasteiger partial charge < -0.3 is 9.84 Å². The Balaban J connectivity index is 2.43. The first-order valence-corrected chi connectivity index (χ1v) is 4.72. The van der Waals surface area contributed by atoms with Crippen LogP contribution in [0.3, 0.4) is 0 Å². The lowest BCUT2D eigenvalue weighted by Crippen LogP contribution is -2.06. The summed E-state index contributed by atoms with van der Waals surface area (Å²) in [5.41, 5.74) is 1.09. The van der Waals surface area contributed by atoms with Crippen molar-refractivity contribution in [2.45, 2.75) is 45.3 Å². The van der Waals surface area contributed by atoms with Crippen LogP contribution in [0.25, 0.3) is 0 Å². The first-order valence-electron chi connectivity index (χ1n) is 4.72. The SMILES string of the molecule is CCC(=CC1CCC(C)O1)CO. The molecule has 2 atom stereocenters. The third-order valence-electron chi connectivity index (χ3n) is 2.34. The van der Waals surface area contributed by atoms with Crippen LogP contribution in [-0.2, 0) is 4.74 Å². The molecule has 1 aliphatic heterocycles. The maximum Gasteiger partial charge on any atom is 0.0763 e. The molecule has 2 unspecified atom stereocenters. The van der Waals surface area contributed by atoms with Gasteiger partial charge >= 0.3 is 0 Å². The number of aliphatic hydroxyl groups is 1. The molecule has 0 bridgehead atoms. The van der Waals surface area contributed by atoms with Crippen molar-refractivity contribution in [1.29, 1.82) is 0 Å². The van der Waals surface area contributed by atoms with Crippen LogP contribution >= 0.6 is 0 Å². The molecule has 0 amide bonds. The van der Waals surface area contributed by atoms with Gasteiger partial charge in [-0.25, -0.2) is 0 Å². The van der Waals surface area contributed by atoms with Gasteiger partial charge in [-0.1, -0.05) is 13.0 Å². The highest BCUT2D eigenvalue weighted by molar-refractivity contribution is 5.06. The normalized spacial score (nSPS) is 31.1. The molecular formula is C10H18O2. The van der Waals surface area contributed by atoms with Crippen LogP contribution in [0.2, 0.25) is 0 Å². The van der Waals surface area contributed by atoms with E-state index in [-0.39, 0.29) is 12.7 Å². The van der Waals surface area contributed by atoms with E-state index in [1.54, 1.807) is 0 Å². The van der Waals surface area contributed by atoms with Crippen molar-refractivity contribution in [3.63, 3.8) is 0 Å². The minimum Gasteiger partial charge on any atom is -0.392 e. The highest BCUT2D eigenvalue weighted by Crippen LogP contribution is 2.21. The summed E-state index contributed by atoms with van der Waals surface area (Å²) in [6, 6.07) is 0. The molecule has 1 heterocycles. The maximum atomic E-state index is 8.93. The minimum atomic E-state index is 0.171. The molecule has 1 saturated heterocycles. The molecule has 2 heteroatoms. The Kier molecular flexibility index (Phi) is 3.76. The van der Waals surface area contributed by atoms with E-state index in [0.29, 0.717) is 6.10 Å². The van der Waals surface area contributed by atoms with Gasteiger partial charge in [0.1, 0.15) is 0 Å². The second-order valence-electron chi connectivity index (χ2n) is 3.40. The van der Waals surface area contributed by atoms with Crippen LogP contribution in [0.15, 0.2) is 11.6 Å². The molecule has 0 aromatic heterocycles. The van der Waals surface area contributed by atoms with Crippen LogP contribution in [0.1, 0.15) is 33.1 Å². The van der Waals surface area contributed by atoms with Crippen LogP contribution in [0.5, 0.6) is 0 Å². The number of ether oxygens (including phenoxy) is 1. The lowest BCUT2D eigenvalue weighted by atomic mass is 10.1. The Bertz CT molecular complexity index is 157. The standard InChI is InChI=1S/C10H18O2/c1-3-9(7-11)6-10-5-4-8(2)12-10/h6,8,10-11H,3-5,7H2,1-2H3. The molecule has 12 heavy (non-hydrogen) atoms. The molecule has 0 spiro atoms. The van der Waals surface area contributed by atoms with Gasteiger partial charge in [0.2, 0.25) is 0 Å². The molecule has 0 aromatic rings. The van der Waals surface area contributed by atoms with Gasteiger partial charge in [0.15, 0.2) is 0 Å². The molecule has 1 aliphatic rings. The third-order valence-corrected chi connectivity index (χ3v) is 2.34. The van der Waals surface area contributed by atoms with Gasteiger partial charge in [0.05, 0.1) is 18.8 Å². The predicted molar refractivity (Wildman–Crippen MR) is 49.0 cm³/mol. The topological polar surface area (TPSA) is 29.5 Å². The van der Waals surface area contributed by atoms with Crippen molar-refractivity contribution < 1.29 is 9.84 Å². The largest absolute Gasteiger partial charge is 0.392 e. The Hall–Kier alpha value is -0.340. The van der Waals surface area contributed by atoms with E-state index in [1.807, 2.05) is 0 Å². The zero-order valence-electron chi connectivity index (χ0n) is 7.92. The monoisotopic (exact) mass is 170 g/mol. The van der Waals surface area contributed by atoms with Crippen LogP contribution in [0.4, 0.5) is 0 Å². The lowest BCUT2D eigenvalue weighted by molar-refractivity contribution is 0.0824. The van der Waals surface area contributed by atoms with E-state index in [1.165, 1.54) is 0 Å². The Morgan fingerprint density at radius 2 is 2.33 bits per heavy atom. The quantitative estimate of drug-likeness (QED) is 0.655. The summed E-state index contributed by atoms with van der Waals surface area (Å²) in [6.45, 7) is 4.32. The second-order valence-corrected chi connectivity index (χ2v) is 3.40. The average molecular weight is 170 g/mol. The molecular weight excluding hydrogens is 152 g/mol. The molecule has 0 aliphatic carbocycles. The van der Waals surface area contributed by atoms with Gasteiger partial charge in [-0.15, -0.1) is 0 Å². The fourth-order valence-corrected chi connectivity index (χ4v) is 1.50. The number of rotatable bonds is 3. The summed E-state index contributed by atoms with van der Waals surface area (Å²) in [4.78, 5) is 0. The minimum absolute atomic E-state index is 0.171. The summed E-state index contributed by atoms with van der Waals surface area (Å²) in [6.07, 6.45) is 5.88. The number of aliphatic hydroxyl groups excluding tert-OH is 1. The molecule has 1 fully saturated rings. The van der Waals surface area contributed by atoms with Crippen molar-refractivity contribution in [3.05, 3.63) is 11.6 Å². The van der Waals surface area contributed by atoms with E-state index in [2.05, 4.69) is 19.9 Å². The van der Waals surface area contributed by atoms with Gasteiger partial charge in [0.25, 0.3) is 0 Å². The van der Waals surface area contributed by atoms with E-state index in [9.17, 15) is 0 Å². The molecule has 1 rings (SSSR count). The van der Waals surface area contributed by atoms with Crippen molar-refractivity contribution >= 4 is 0 Å². The van der Waals surface area contributed by atoms with Gasteiger partial charge in [-0.05, 0) is 31.8 Å². The molecule has 70 valence electrons. The smallest absolute Gasteiger partial charge is 0.0763 e. The number of hydrogen-bond donors (Lipinski definition) is 1. The predicted octanol–water partition coefficient (Wildman–Crippen LogP) is 1.88. The molecule has 0 radical (unpaired) electrons. The lowest BCUT2D eigenvalue weighted by Gasteiger charge is -2.07. The maximum absolute atomic E-state index is 8.93. The fraction of sp³-hybridized carbons (Fsp3) is 0.800. The van der Waals surface area contributed by atoms with Crippen molar-refractivity contribution in [2.75, 3.05) is 6.61 Å².